The summed E-state index contributed by atoms with van der Waals surface area (Å²) < 4.78 is 1.60. The van der Waals surface area contributed by atoms with Gasteiger partial charge < -0.3 is 5.32 Å². The predicted molar refractivity (Wildman–Crippen MR) is 114 cm³/mol. The summed E-state index contributed by atoms with van der Waals surface area (Å²) in [7, 11) is 0. The van der Waals surface area contributed by atoms with Crippen LogP contribution in [0.3, 0.4) is 0 Å². The van der Waals surface area contributed by atoms with Gasteiger partial charge in [0, 0.05) is 6.54 Å². The first kappa shape index (κ1) is 20.6. The van der Waals surface area contributed by atoms with Crippen LogP contribution in [0.2, 0.25) is 0 Å². The first-order valence-electron chi connectivity index (χ1n) is 9.28. The predicted octanol–water partition coefficient (Wildman–Crippen LogP) is 2.94. The van der Waals surface area contributed by atoms with E-state index < -0.39 is 11.9 Å². The summed E-state index contributed by atoms with van der Waals surface area (Å²) >= 11 is 1.13. The van der Waals surface area contributed by atoms with Crippen LogP contribution in [-0.2, 0) is 4.79 Å². The van der Waals surface area contributed by atoms with E-state index in [0.717, 1.165) is 17.3 Å². The Morgan fingerprint density at radius 2 is 1.79 bits per heavy atom. The monoisotopic (exact) mass is 410 g/mol. The van der Waals surface area contributed by atoms with Gasteiger partial charge in [-0.05, 0) is 31.5 Å². The smallest absolute Gasteiger partial charge is 0.321 e. The van der Waals surface area contributed by atoms with E-state index in [1.165, 1.54) is 0 Å². The molecule has 29 heavy (non-hydrogen) atoms. The molecule has 0 aliphatic rings. The quantitative estimate of drug-likeness (QED) is 0.481. The van der Waals surface area contributed by atoms with Crippen LogP contribution in [0.5, 0.6) is 0 Å². The van der Waals surface area contributed by atoms with Gasteiger partial charge in [-0.1, -0.05) is 54.2 Å². The summed E-state index contributed by atoms with van der Waals surface area (Å²) in [5.74, 6) is -0.494. The van der Waals surface area contributed by atoms with Crippen LogP contribution in [0.15, 0.2) is 64.5 Å². The Kier molecular flexibility index (Phi) is 6.66. The summed E-state index contributed by atoms with van der Waals surface area (Å²) in [6.07, 6.45) is 0. The molecule has 0 aliphatic carbocycles. The van der Waals surface area contributed by atoms with Crippen molar-refractivity contribution in [3.63, 3.8) is 0 Å². The largest absolute Gasteiger partial charge is 0.338 e. The third-order valence-corrected chi connectivity index (χ3v) is 5.32. The Morgan fingerprint density at radius 3 is 2.52 bits per heavy atom. The third-order valence-electron chi connectivity index (χ3n) is 4.37. The van der Waals surface area contributed by atoms with Crippen molar-refractivity contribution >= 4 is 34.6 Å². The average molecular weight is 410 g/mol. The van der Waals surface area contributed by atoms with E-state index in [-0.39, 0.29) is 17.4 Å². The molecule has 0 saturated heterocycles. The van der Waals surface area contributed by atoms with Gasteiger partial charge in [-0.15, -0.1) is 0 Å². The lowest BCUT2D eigenvalue weighted by Gasteiger charge is -2.20. The number of nitrogens with one attached hydrogen (secondary N) is 2. The van der Waals surface area contributed by atoms with Crippen molar-refractivity contribution in [2.24, 2.45) is 0 Å². The fraction of sp³-hybridized carbons (Fsp3) is 0.238. The number of carbonyl (C=O) groups is 2. The van der Waals surface area contributed by atoms with E-state index in [4.69, 9.17) is 0 Å². The Labute approximate surface area is 172 Å². The molecule has 1 heterocycles. The van der Waals surface area contributed by atoms with E-state index in [1.54, 1.807) is 29.7 Å². The van der Waals surface area contributed by atoms with E-state index >= 15 is 0 Å². The van der Waals surface area contributed by atoms with Crippen molar-refractivity contribution in [2.75, 3.05) is 12.3 Å². The van der Waals surface area contributed by atoms with Gasteiger partial charge in [0.1, 0.15) is 0 Å². The minimum Gasteiger partial charge on any atom is -0.338 e. The highest BCUT2D eigenvalue weighted by atomic mass is 32.2. The van der Waals surface area contributed by atoms with Crippen molar-refractivity contribution in [1.82, 2.24) is 20.2 Å². The Morgan fingerprint density at radius 1 is 1.10 bits per heavy atom. The van der Waals surface area contributed by atoms with Crippen molar-refractivity contribution in [3.8, 4) is 0 Å². The number of urea groups is 1. The zero-order chi connectivity index (χ0) is 20.8. The average Bonchev–Trinajstić information content (AvgIpc) is 2.73. The highest BCUT2D eigenvalue weighted by molar-refractivity contribution is 7.99. The fourth-order valence-corrected chi connectivity index (χ4v) is 3.82. The van der Waals surface area contributed by atoms with Gasteiger partial charge >= 0.3 is 6.03 Å². The topological polar surface area (TPSA) is 93.1 Å². The second-order valence-corrected chi connectivity index (χ2v) is 7.31. The maximum atomic E-state index is 13.2. The molecular weight excluding hydrogens is 388 g/mol. The number of carbonyl (C=O) groups excluding carboxylic acids is 2. The molecule has 0 spiro atoms. The standard InChI is InChI=1S/C21H22N4O3S/c1-3-22-20(28)24-18(26)13-29-21-23-17-12-8-7-11-16(17)19(27)25(21)14(2)15-9-5-4-6-10-15/h4-12,14H,3,13H2,1-2H3,(H2,22,24,26,28)/t14-/m0/s1. The Balaban J connectivity index is 1.95. The molecule has 2 N–H and O–H groups in total. The second kappa shape index (κ2) is 9.38. The van der Waals surface area contributed by atoms with Crippen LogP contribution < -0.4 is 16.2 Å². The highest BCUT2D eigenvalue weighted by Gasteiger charge is 2.19. The molecule has 0 radical (unpaired) electrons. The number of hydrogen-bond donors (Lipinski definition) is 2. The number of fused-ring (bicyclic) bond motifs is 1. The zero-order valence-electron chi connectivity index (χ0n) is 16.2. The molecule has 3 amide bonds. The van der Waals surface area contributed by atoms with E-state index in [1.807, 2.05) is 43.3 Å². The zero-order valence-corrected chi connectivity index (χ0v) is 17.0. The first-order chi connectivity index (χ1) is 14.0. The van der Waals surface area contributed by atoms with Gasteiger partial charge in [-0.2, -0.15) is 0 Å². The van der Waals surface area contributed by atoms with E-state index in [9.17, 15) is 14.4 Å². The van der Waals surface area contributed by atoms with Crippen molar-refractivity contribution in [2.45, 2.75) is 25.0 Å². The molecule has 7 nitrogen and oxygen atoms in total. The molecule has 0 fully saturated rings. The molecule has 1 atom stereocenters. The minimum atomic E-state index is -0.542. The number of rotatable bonds is 6. The number of amides is 3. The van der Waals surface area contributed by atoms with Crippen LogP contribution in [-0.4, -0.2) is 33.8 Å². The van der Waals surface area contributed by atoms with Crippen molar-refractivity contribution < 1.29 is 9.59 Å². The summed E-state index contributed by atoms with van der Waals surface area (Å²) in [5, 5.41) is 5.71. The molecule has 0 unspecified atom stereocenters. The van der Waals surface area contributed by atoms with Gasteiger partial charge in [0.15, 0.2) is 5.16 Å². The van der Waals surface area contributed by atoms with Crippen molar-refractivity contribution in [1.29, 1.82) is 0 Å². The molecule has 0 aliphatic heterocycles. The lowest BCUT2D eigenvalue weighted by molar-refractivity contribution is -0.117. The summed E-state index contributed by atoms with van der Waals surface area (Å²) in [6, 6.07) is 16.0. The Hall–Kier alpha value is -3.13. The number of thioether (sulfide) groups is 1. The molecule has 8 heteroatoms. The van der Waals surface area contributed by atoms with Gasteiger partial charge in [-0.25, -0.2) is 9.78 Å². The van der Waals surface area contributed by atoms with Crippen LogP contribution in [0.4, 0.5) is 4.79 Å². The molecule has 2 aromatic carbocycles. The number of benzene rings is 2. The summed E-state index contributed by atoms with van der Waals surface area (Å²) in [4.78, 5) is 41.5. The molecular formula is C21H22N4O3S. The molecule has 150 valence electrons. The first-order valence-corrected chi connectivity index (χ1v) is 10.3. The van der Waals surface area contributed by atoms with Gasteiger partial charge in [0.2, 0.25) is 5.91 Å². The fourth-order valence-electron chi connectivity index (χ4n) is 2.95. The number of aromatic nitrogens is 2. The molecule has 0 saturated carbocycles. The number of hydrogen-bond acceptors (Lipinski definition) is 5. The van der Waals surface area contributed by atoms with Crippen LogP contribution in [0.25, 0.3) is 10.9 Å². The molecule has 1 aromatic heterocycles. The molecule has 3 rings (SSSR count). The third kappa shape index (κ3) is 4.83. The van der Waals surface area contributed by atoms with Crippen LogP contribution in [0, 0.1) is 0 Å². The normalized spacial score (nSPS) is 11.8. The van der Waals surface area contributed by atoms with Gasteiger partial charge in [0.25, 0.3) is 5.56 Å². The highest BCUT2D eigenvalue weighted by Crippen LogP contribution is 2.24. The Bertz CT molecular complexity index is 1080. The van der Waals surface area contributed by atoms with Gasteiger partial charge in [0.05, 0.1) is 22.7 Å². The minimum absolute atomic E-state index is 0.0383. The number of imide groups is 1. The van der Waals surface area contributed by atoms with E-state index in [0.29, 0.717) is 22.6 Å². The number of nitrogens with zero attached hydrogens (tertiary/aromatic N) is 2. The second-order valence-electron chi connectivity index (χ2n) is 6.37. The lowest BCUT2D eigenvalue weighted by Crippen LogP contribution is -2.40. The SMILES string of the molecule is CCNC(=O)NC(=O)CSc1nc2ccccc2c(=O)n1[C@@H](C)c1ccccc1. The van der Waals surface area contributed by atoms with Crippen LogP contribution in [0.1, 0.15) is 25.5 Å². The summed E-state index contributed by atoms with van der Waals surface area (Å²) in [6.45, 7) is 4.11. The number of para-hydroxylation sites is 1. The van der Waals surface area contributed by atoms with Crippen LogP contribution >= 0.6 is 11.8 Å². The summed E-state index contributed by atoms with van der Waals surface area (Å²) in [5.41, 5.74) is 1.36. The molecule has 3 aromatic rings. The molecule has 0 bridgehead atoms. The van der Waals surface area contributed by atoms with E-state index in [2.05, 4.69) is 15.6 Å². The van der Waals surface area contributed by atoms with Crippen molar-refractivity contribution in [3.05, 3.63) is 70.5 Å². The van der Waals surface area contributed by atoms with Gasteiger partial charge in [-0.3, -0.25) is 19.5 Å². The maximum absolute atomic E-state index is 13.2. The maximum Gasteiger partial charge on any atom is 0.321 e. The lowest BCUT2D eigenvalue weighted by atomic mass is 10.1.